The summed E-state index contributed by atoms with van der Waals surface area (Å²) in [5.41, 5.74) is 0.903. The van der Waals surface area contributed by atoms with E-state index < -0.39 is 15.7 Å². The Balaban J connectivity index is 2.49. The van der Waals surface area contributed by atoms with E-state index in [0.29, 0.717) is 33.6 Å². The zero-order valence-electron chi connectivity index (χ0n) is 13.3. The first-order chi connectivity index (χ1) is 10.8. The zero-order valence-corrected chi connectivity index (χ0v) is 14.2. The average molecular weight is 342 g/mol. The highest BCUT2D eigenvalue weighted by Crippen LogP contribution is 2.33. The molecule has 0 N–H and O–H groups in total. The molecular formula is C15H18O7S. The van der Waals surface area contributed by atoms with E-state index >= 15 is 0 Å². The van der Waals surface area contributed by atoms with E-state index in [9.17, 15) is 13.2 Å². The molecule has 23 heavy (non-hydrogen) atoms. The van der Waals surface area contributed by atoms with Crippen molar-refractivity contribution in [1.82, 2.24) is 0 Å². The van der Waals surface area contributed by atoms with Crippen molar-refractivity contribution in [3.8, 4) is 11.5 Å². The van der Waals surface area contributed by atoms with Gasteiger partial charge in [-0.15, -0.1) is 0 Å². The molecule has 1 aromatic carbocycles. The molecule has 0 unspecified atom stereocenters. The Morgan fingerprint density at radius 1 is 1.13 bits per heavy atom. The van der Waals surface area contributed by atoms with Gasteiger partial charge in [0.1, 0.15) is 5.58 Å². The van der Waals surface area contributed by atoms with Gasteiger partial charge in [0, 0.05) is 23.4 Å². The van der Waals surface area contributed by atoms with Crippen molar-refractivity contribution in [1.29, 1.82) is 0 Å². The lowest BCUT2D eigenvalue weighted by atomic mass is 10.0. The molecule has 7 nitrogen and oxygen atoms in total. The van der Waals surface area contributed by atoms with Crippen LogP contribution in [0.5, 0.6) is 11.5 Å². The Labute approximate surface area is 133 Å². The normalized spacial score (nSPS) is 11.7. The van der Waals surface area contributed by atoms with E-state index in [4.69, 9.17) is 13.9 Å². The first-order valence-corrected chi connectivity index (χ1v) is 8.61. The Hall–Kier alpha value is -2.06. The lowest BCUT2D eigenvalue weighted by Crippen LogP contribution is -2.15. The van der Waals surface area contributed by atoms with Crippen LogP contribution in [0.1, 0.15) is 11.1 Å². The van der Waals surface area contributed by atoms with Crippen LogP contribution in [0.4, 0.5) is 0 Å². The molecule has 0 aliphatic rings. The summed E-state index contributed by atoms with van der Waals surface area (Å²) in [5, 5.41) is 0.691. The third-order valence-electron chi connectivity index (χ3n) is 3.44. The van der Waals surface area contributed by atoms with Crippen molar-refractivity contribution in [2.45, 2.75) is 13.3 Å². The van der Waals surface area contributed by atoms with Crippen LogP contribution in [0.2, 0.25) is 0 Å². The van der Waals surface area contributed by atoms with E-state index in [1.165, 1.54) is 14.2 Å². The minimum absolute atomic E-state index is 0.122. The molecule has 2 aromatic rings. The van der Waals surface area contributed by atoms with Gasteiger partial charge >= 0.3 is 5.63 Å². The smallest absolute Gasteiger partial charge is 0.339 e. The van der Waals surface area contributed by atoms with Crippen molar-refractivity contribution >= 4 is 21.1 Å². The van der Waals surface area contributed by atoms with E-state index in [-0.39, 0.29) is 13.0 Å². The van der Waals surface area contributed by atoms with Crippen LogP contribution in [0.25, 0.3) is 11.0 Å². The second-order valence-electron chi connectivity index (χ2n) is 4.97. The minimum Gasteiger partial charge on any atom is -0.493 e. The quantitative estimate of drug-likeness (QED) is 0.582. The van der Waals surface area contributed by atoms with Crippen molar-refractivity contribution in [3.05, 3.63) is 33.7 Å². The fourth-order valence-corrected chi connectivity index (χ4v) is 2.69. The Bertz CT molecular complexity index is 881. The number of methoxy groups -OCH3 is 2. The molecule has 0 spiro atoms. The average Bonchev–Trinajstić information content (AvgIpc) is 2.48. The first kappa shape index (κ1) is 17.3. The van der Waals surface area contributed by atoms with E-state index in [2.05, 4.69) is 4.18 Å². The number of aryl methyl sites for hydroxylation is 1. The Kier molecular flexibility index (Phi) is 4.96. The van der Waals surface area contributed by atoms with Gasteiger partial charge in [-0.25, -0.2) is 4.79 Å². The van der Waals surface area contributed by atoms with Gasteiger partial charge in [0.25, 0.3) is 10.1 Å². The predicted molar refractivity (Wildman–Crippen MR) is 84.8 cm³/mol. The molecule has 0 atom stereocenters. The van der Waals surface area contributed by atoms with Gasteiger partial charge in [-0.3, -0.25) is 4.18 Å². The van der Waals surface area contributed by atoms with Gasteiger partial charge in [0.15, 0.2) is 11.5 Å². The van der Waals surface area contributed by atoms with Crippen molar-refractivity contribution in [2.75, 3.05) is 27.1 Å². The minimum atomic E-state index is -3.55. The van der Waals surface area contributed by atoms with Gasteiger partial charge in [-0.2, -0.15) is 8.42 Å². The third kappa shape index (κ3) is 3.83. The van der Waals surface area contributed by atoms with Crippen LogP contribution in [0.15, 0.2) is 21.3 Å². The topological polar surface area (TPSA) is 92.0 Å². The van der Waals surface area contributed by atoms with E-state index in [0.717, 1.165) is 6.26 Å². The second-order valence-corrected chi connectivity index (χ2v) is 6.62. The summed E-state index contributed by atoms with van der Waals surface area (Å²) in [6.07, 6.45) is 1.09. The van der Waals surface area contributed by atoms with E-state index in [1.807, 2.05) is 0 Å². The maximum atomic E-state index is 12.1. The fraction of sp³-hybridized carbons (Fsp3) is 0.400. The predicted octanol–water partition coefficient (Wildman–Crippen LogP) is 1.64. The highest BCUT2D eigenvalue weighted by Gasteiger charge is 2.15. The molecule has 0 fully saturated rings. The van der Waals surface area contributed by atoms with Gasteiger partial charge in [-0.05, 0) is 18.6 Å². The molecular weight excluding hydrogens is 324 g/mol. The van der Waals surface area contributed by atoms with Crippen molar-refractivity contribution in [2.24, 2.45) is 0 Å². The molecule has 0 aliphatic heterocycles. The molecule has 0 amide bonds. The Morgan fingerprint density at radius 3 is 2.30 bits per heavy atom. The van der Waals surface area contributed by atoms with Gasteiger partial charge in [0.2, 0.25) is 0 Å². The number of hydrogen-bond donors (Lipinski definition) is 0. The van der Waals surface area contributed by atoms with Crippen LogP contribution < -0.4 is 15.1 Å². The lowest BCUT2D eigenvalue weighted by Gasteiger charge is -2.12. The molecule has 0 bridgehead atoms. The summed E-state index contributed by atoms with van der Waals surface area (Å²) in [5.74, 6) is 0.964. The number of benzene rings is 1. The number of ether oxygens (including phenoxy) is 2. The van der Waals surface area contributed by atoms with Gasteiger partial charge in [0.05, 0.1) is 27.1 Å². The number of rotatable bonds is 6. The second kappa shape index (κ2) is 6.59. The summed E-state index contributed by atoms with van der Waals surface area (Å²) < 4.78 is 42.4. The molecule has 8 heteroatoms. The van der Waals surface area contributed by atoms with Crippen molar-refractivity contribution in [3.63, 3.8) is 0 Å². The molecule has 0 saturated carbocycles. The van der Waals surface area contributed by atoms with Crippen molar-refractivity contribution < 1.29 is 26.5 Å². The maximum Gasteiger partial charge on any atom is 0.339 e. The summed E-state index contributed by atoms with van der Waals surface area (Å²) in [6, 6.07) is 3.30. The molecule has 0 saturated heterocycles. The molecule has 1 aromatic heterocycles. The summed E-state index contributed by atoms with van der Waals surface area (Å²) >= 11 is 0. The van der Waals surface area contributed by atoms with Crippen LogP contribution in [-0.4, -0.2) is 35.5 Å². The summed E-state index contributed by atoms with van der Waals surface area (Å²) in [7, 11) is -0.547. The van der Waals surface area contributed by atoms with Gasteiger partial charge in [-0.1, -0.05) is 0 Å². The molecule has 0 aliphatic carbocycles. The van der Waals surface area contributed by atoms with E-state index in [1.54, 1.807) is 19.1 Å². The molecule has 126 valence electrons. The summed E-state index contributed by atoms with van der Waals surface area (Å²) in [4.78, 5) is 12.1. The standard InChI is InChI=1S/C15H18O7S/c1-9-10(5-6-21-23(4,17)18)15(16)22-12-8-14(20-3)13(19-2)7-11(9)12/h7-8H,5-6H2,1-4H3. The van der Waals surface area contributed by atoms with Crippen LogP contribution >= 0.6 is 0 Å². The van der Waals surface area contributed by atoms with Crippen LogP contribution in [0, 0.1) is 6.92 Å². The first-order valence-electron chi connectivity index (χ1n) is 6.79. The maximum absolute atomic E-state index is 12.1. The monoisotopic (exact) mass is 342 g/mol. The lowest BCUT2D eigenvalue weighted by molar-refractivity contribution is 0.323. The SMILES string of the molecule is COc1cc2oc(=O)c(CCOS(C)(=O)=O)c(C)c2cc1OC. The highest BCUT2D eigenvalue weighted by molar-refractivity contribution is 7.85. The summed E-state index contributed by atoms with van der Waals surface area (Å²) in [6.45, 7) is 1.64. The van der Waals surface area contributed by atoms with Gasteiger partial charge < -0.3 is 13.9 Å². The third-order valence-corrected chi connectivity index (χ3v) is 4.04. The molecule has 1 heterocycles. The number of fused-ring (bicyclic) bond motifs is 1. The van der Waals surface area contributed by atoms with Crippen LogP contribution in [-0.2, 0) is 20.7 Å². The molecule has 2 rings (SSSR count). The molecule has 0 radical (unpaired) electrons. The highest BCUT2D eigenvalue weighted by atomic mass is 32.2. The fourth-order valence-electron chi connectivity index (χ4n) is 2.30. The zero-order chi connectivity index (χ0) is 17.2. The Morgan fingerprint density at radius 2 is 1.74 bits per heavy atom. The van der Waals surface area contributed by atoms with Crippen LogP contribution in [0.3, 0.4) is 0 Å². The largest absolute Gasteiger partial charge is 0.493 e. The number of hydrogen-bond acceptors (Lipinski definition) is 7.